The van der Waals surface area contributed by atoms with Gasteiger partial charge in [-0.1, -0.05) is 364 Å². The van der Waals surface area contributed by atoms with E-state index in [9.17, 15) is 0 Å². The smallest absolute Gasteiger partial charge is 1.00 e. The maximum absolute atomic E-state index is 2.23. The van der Waals surface area contributed by atoms with Gasteiger partial charge in [0.2, 0.25) is 0 Å². The summed E-state index contributed by atoms with van der Waals surface area (Å²) in [5.41, 5.74) is 0. The summed E-state index contributed by atoms with van der Waals surface area (Å²) in [5, 5.41) is 16.8. The van der Waals surface area contributed by atoms with E-state index < -0.39 is 31.7 Å². The molecule has 8 heteroatoms. The maximum Gasteiger partial charge on any atom is 2.00 e. The third-order valence-electron chi connectivity index (χ3n) is 12.2. The average Bonchev–Trinajstić information content (AvgIpc) is 3.52. The Balaban J connectivity index is 0.000000193. The van der Waals surface area contributed by atoms with Crippen molar-refractivity contribution in [2.75, 3.05) is 0 Å². The molecule has 0 aliphatic heterocycles. The largest absolute Gasteiger partial charge is 2.00 e. The van der Waals surface area contributed by atoms with Gasteiger partial charge >= 0.3 is 40.8 Å². The van der Waals surface area contributed by atoms with Gasteiger partial charge in [-0.2, -0.15) is 0 Å². The summed E-state index contributed by atoms with van der Waals surface area (Å²) in [7, 11) is -1.78. The van der Waals surface area contributed by atoms with Crippen LogP contribution in [0, 0.1) is 0 Å². The SMILES string of the molecule is [Cl-].[Cl-].[Pd+2].[Pd+2].c1ccc(P(c2ccccc2)c2ccccc2)cc1.c1ccc(P(c2ccccc2)c2ccccc2)cc1.c1ccc(P(c2ccccc2)c2ccccc2)cc1.c1ccc(P(c2ccccc2)c2ccccc2)cc1. The molecule has 0 N–H and O–H groups in total. The fourth-order valence-electron chi connectivity index (χ4n) is 8.71. The van der Waals surface area contributed by atoms with Crippen molar-refractivity contribution in [2.24, 2.45) is 0 Å². The Bertz CT molecular complexity index is 2600. The number of benzene rings is 12. The van der Waals surface area contributed by atoms with Crippen LogP contribution in [0.4, 0.5) is 0 Å². The number of hydrogen-bond acceptors (Lipinski definition) is 0. The predicted octanol–water partition coefficient (Wildman–Crippen LogP) is 7.78. The van der Waals surface area contributed by atoms with Crippen LogP contribution in [0.3, 0.4) is 0 Å². The fraction of sp³-hybridized carbons (Fsp3) is 0. The molecule has 0 bridgehead atoms. The van der Waals surface area contributed by atoms with Crippen molar-refractivity contribution in [3.63, 3.8) is 0 Å². The summed E-state index contributed by atoms with van der Waals surface area (Å²) < 4.78 is 0. The zero-order chi connectivity index (χ0) is 51.7. The first-order valence-corrected chi connectivity index (χ1v) is 31.0. The van der Waals surface area contributed by atoms with Crippen molar-refractivity contribution < 1.29 is 65.7 Å². The van der Waals surface area contributed by atoms with Crippen molar-refractivity contribution >= 4 is 95.3 Å². The first-order chi connectivity index (χ1) is 37.8. The molecule has 12 rings (SSSR count). The van der Waals surface area contributed by atoms with Gasteiger partial charge in [0.1, 0.15) is 0 Å². The van der Waals surface area contributed by atoms with E-state index in [1.807, 2.05) is 0 Å². The van der Waals surface area contributed by atoms with E-state index in [0.29, 0.717) is 0 Å². The molecule has 0 aliphatic carbocycles. The number of halogens is 2. The van der Waals surface area contributed by atoms with Crippen LogP contribution in [0.15, 0.2) is 364 Å². The average molecular weight is 1330 g/mol. The maximum atomic E-state index is 2.23. The van der Waals surface area contributed by atoms with Gasteiger partial charge in [-0.3, -0.25) is 0 Å². The molecule has 0 saturated heterocycles. The van der Waals surface area contributed by atoms with Gasteiger partial charge in [-0.25, -0.2) is 0 Å². The summed E-state index contributed by atoms with van der Waals surface area (Å²) >= 11 is 0. The van der Waals surface area contributed by atoms with E-state index in [0.717, 1.165) is 0 Å². The summed E-state index contributed by atoms with van der Waals surface area (Å²) in [4.78, 5) is 0. The van der Waals surface area contributed by atoms with Crippen molar-refractivity contribution in [1.82, 2.24) is 0 Å². The van der Waals surface area contributed by atoms with Crippen LogP contribution in [-0.2, 0) is 40.8 Å². The van der Waals surface area contributed by atoms with Crippen LogP contribution in [0.25, 0.3) is 0 Å². The second-order valence-electron chi connectivity index (χ2n) is 17.4. The molecule has 0 spiro atoms. The van der Waals surface area contributed by atoms with Crippen LogP contribution in [-0.4, -0.2) is 0 Å². The van der Waals surface area contributed by atoms with Crippen molar-refractivity contribution in [2.45, 2.75) is 0 Å². The van der Waals surface area contributed by atoms with E-state index in [4.69, 9.17) is 0 Å². The molecule has 400 valence electrons. The Labute approximate surface area is 520 Å². The molecule has 0 atom stereocenters. The first-order valence-electron chi connectivity index (χ1n) is 25.6. The Hall–Kier alpha value is -5.74. The van der Waals surface area contributed by atoms with E-state index in [2.05, 4.69) is 364 Å². The quantitative estimate of drug-likeness (QED) is 0.0868. The Kier molecular flexibility index (Phi) is 29.8. The second-order valence-corrected chi connectivity index (χ2v) is 26.2. The zero-order valence-electron chi connectivity index (χ0n) is 43.8. The van der Waals surface area contributed by atoms with Crippen LogP contribution >= 0.6 is 31.7 Å². The molecule has 0 nitrogen and oxygen atoms in total. The molecule has 0 saturated carbocycles. The minimum Gasteiger partial charge on any atom is -1.00 e. The number of rotatable bonds is 12. The summed E-state index contributed by atoms with van der Waals surface area (Å²) in [5.74, 6) is 0. The molecule has 0 aliphatic rings. The molecule has 0 unspecified atom stereocenters. The van der Waals surface area contributed by atoms with Crippen molar-refractivity contribution in [3.8, 4) is 0 Å². The van der Waals surface area contributed by atoms with Crippen LogP contribution < -0.4 is 88.5 Å². The van der Waals surface area contributed by atoms with E-state index in [1.165, 1.54) is 63.7 Å². The number of hydrogen-bond donors (Lipinski definition) is 0. The molecule has 12 aromatic carbocycles. The monoisotopic (exact) mass is 1330 g/mol. The van der Waals surface area contributed by atoms with Crippen molar-refractivity contribution in [3.05, 3.63) is 364 Å². The standard InChI is InChI=1S/4C18H15P.2ClH.2Pd/c4*1-4-10-16(11-5-1)19(17-12-6-2-7-13-17)18-14-8-3-9-15-18;;;;/h4*1-15H;2*1H;;/q;;;;;;2*+2/p-2. The fourth-order valence-corrected chi connectivity index (χ4v) is 17.9. The molecule has 0 aromatic heterocycles. The minimum absolute atomic E-state index is 0. The van der Waals surface area contributed by atoms with E-state index >= 15 is 0 Å². The molecule has 0 radical (unpaired) electrons. The molecule has 0 fully saturated rings. The van der Waals surface area contributed by atoms with Gasteiger partial charge in [-0.15, -0.1) is 0 Å². The summed E-state index contributed by atoms with van der Waals surface area (Å²) in [6, 6.07) is 129. The van der Waals surface area contributed by atoms with Crippen LogP contribution in [0.1, 0.15) is 0 Å². The normalized spacial score (nSPS) is 10.1. The Morgan fingerprint density at radius 2 is 0.175 bits per heavy atom. The third kappa shape index (κ3) is 19.2. The first kappa shape index (κ1) is 65.1. The molecule has 12 aromatic rings. The molecular weight excluding hydrogens is 1270 g/mol. The van der Waals surface area contributed by atoms with Gasteiger partial charge in [0.05, 0.1) is 0 Å². The van der Waals surface area contributed by atoms with E-state index in [1.54, 1.807) is 0 Å². The van der Waals surface area contributed by atoms with Gasteiger partial charge in [0.15, 0.2) is 0 Å². The van der Waals surface area contributed by atoms with Gasteiger partial charge in [-0.05, 0) is 95.3 Å². The zero-order valence-corrected chi connectivity index (χ0v) is 52.0. The Morgan fingerprint density at radius 3 is 0.237 bits per heavy atom. The molecular formula is C72H60Cl2P4Pd2+2. The third-order valence-corrected chi connectivity index (χ3v) is 21.9. The molecule has 0 amide bonds. The topological polar surface area (TPSA) is 0 Å². The van der Waals surface area contributed by atoms with Gasteiger partial charge < -0.3 is 24.8 Å². The van der Waals surface area contributed by atoms with Crippen LogP contribution in [0.5, 0.6) is 0 Å². The van der Waals surface area contributed by atoms with E-state index in [-0.39, 0.29) is 65.7 Å². The Morgan fingerprint density at radius 1 is 0.113 bits per heavy atom. The molecule has 80 heavy (non-hydrogen) atoms. The predicted molar refractivity (Wildman–Crippen MR) is 341 cm³/mol. The van der Waals surface area contributed by atoms with Gasteiger partial charge in [0, 0.05) is 0 Å². The molecule has 0 heterocycles. The van der Waals surface area contributed by atoms with Crippen molar-refractivity contribution in [1.29, 1.82) is 0 Å². The summed E-state index contributed by atoms with van der Waals surface area (Å²) in [6.45, 7) is 0. The van der Waals surface area contributed by atoms with Gasteiger partial charge in [0.25, 0.3) is 0 Å². The second kappa shape index (κ2) is 36.6. The minimum atomic E-state index is -0.446. The van der Waals surface area contributed by atoms with Crippen LogP contribution in [0.2, 0.25) is 0 Å². The summed E-state index contributed by atoms with van der Waals surface area (Å²) in [6.07, 6.45) is 0.